The molecule has 0 radical (unpaired) electrons. The molecule has 0 aliphatic rings. The van der Waals surface area contributed by atoms with Crippen molar-refractivity contribution in [2.24, 2.45) is 0 Å². The third kappa shape index (κ3) is 2.77. The Labute approximate surface area is 93.5 Å². The predicted octanol–water partition coefficient (Wildman–Crippen LogP) is 0.725. The standard InChI is InChI=1S/C10H14O4S/c1-14-6-2-3-7(8(11)4-6)10(13)9(12)5-15/h2-4,9-13,15H,5H2,1H3. The van der Waals surface area contributed by atoms with Crippen LogP contribution in [0.4, 0.5) is 0 Å². The normalized spacial score (nSPS) is 14.7. The van der Waals surface area contributed by atoms with E-state index in [1.807, 2.05) is 0 Å². The first kappa shape index (κ1) is 12.2. The molecule has 1 aromatic carbocycles. The zero-order chi connectivity index (χ0) is 11.4. The van der Waals surface area contributed by atoms with Crippen LogP contribution in [0, 0.1) is 0 Å². The van der Waals surface area contributed by atoms with E-state index in [0.29, 0.717) is 5.75 Å². The third-order valence-corrected chi connectivity index (χ3v) is 2.48. The van der Waals surface area contributed by atoms with E-state index in [0.717, 1.165) is 0 Å². The smallest absolute Gasteiger partial charge is 0.125 e. The highest BCUT2D eigenvalue weighted by molar-refractivity contribution is 7.80. The van der Waals surface area contributed by atoms with Gasteiger partial charge in [-0.05, 0) is 12.1 Å². The summed E-state index contributed by atoms with van der Waals surface area (Å²) in [7, 11) is 1.48. The van der Waals surface area contributed by atoms with Gasteiger partial charge in [-0.1, -0.05) is 0 Å². The second kappa shape index (κ2) is 5.25. The van der Waals surface area contributed by atoms with Crippen molar-refractivity contribution in [3.8, 4) is 11.5 Å². The van der Waals surface area contributed by atoms with E-state index in [1.54, 1.807) is 6.07 Å². The van der Waals surface area contributed by atoms with Crippen LogP contribution in [-0.2, 0) is 0 Å². The molecule has 0 fully saturated rings. The molecule has 4 nitrogen and oxygen atoms in total. The fourth-order valence-corrected chi connectivity index (χ4v) is 1.41. The maximum atomic E-state index is 9.63. The Kier molecular flexibility index (Phi) is 4.26. The first-order chi connectivity index (χ1) is 7.10. The van der Waals surface area contributed by atoms with Crippen LogP contribution in [0.5, 0.6) is 11.5 Å². The highest BCUT2D eigenvalue weighted by Crippen LogP contribution is 2.30. The minimum atomic E-state index is -1.14. The van der Waals surface area contributed by atoms with Crippen LogP contribution in [-0.4, -0.2) is 34.3 Å². The molecule has 2 unspecified atom stereocenters. The van der Waals surface area contributed by atoms with Gasteiger partial charge < -0.3 is 20.1 Å². The van der Waals surface area contributed by atoms with E-state index in [4.69, 9.17) is 4.74 Å². The molecule has 0 spiro atoms. The van der Waals surface area contributed by atoms with Crippen molar-refractivity contribution in [1.82, 2.24) is 0 Å². The summed E-state index contributed by atoms with van der Waals surface area (Å²) in [5.41, 5.74) is 0.261. The Morgan fingerprint density at radius 2 is 2.07 bits per heavy atom. The molecule has 2 atom stereocenters. The Morgan fingerprint density at radius 3 is 2.53 bits per heavy atom. The van der Waals surface area contributed by atoms with Crippen LogP contribution in [0.2, 0.25) is 0 Å². The summed E-state index contributed by atoms with van der Waals surface area (Å²) >= 11 is 3.86. The molecular weight excluding hydrogens is 216 g/mol. The van der Waals surface area contributed by atoms with Crippen molar-refractivity contribution in [3.05, 3.63) is 23.8 Å². The molecule has 3 N–H and O–H groups in total. The first-order valence-corrected chi connectivity index (χ1v) is 5.07. The van der Waals surface area contributed by atoms with E-state index in [2.05, 4.69) is 12.6 Å². The monoisotopic (exact) mass is 230 g/mol. The second-order valence-electron chi connectivity index (χ2n) is 3.12. The molecule has 0 saturated carbocycles. The van der Waals surface area contributed by atoms with Gasteiger partial charge in [0.1, 0.15) is 17.6 Å². The fourth-order valence-electron chi connectivity index (χ4n) is 1.21. The molecule has 0 heterocycles. The van der Waals surface area contributed by atoms with Crippen molar-refractivity contribution >= 4 is 12.6 Å². The number of thiol groups is 1. The number of hydrogen-bond donors (Lipinski definition) is 4. The molecule has 84 valence electrons. The second-order valence-corrected chi connectivity index (χ2v) is 3.48. The molecular formula is C10H14O4S. The Balaban J connectivity index is 2.95. The van der Waals surface area contributed by atoms with Gasteiger partial charge in [0.15, 0.2) is 0 Å². The lowest BCUT2D eigenvalue weighted by atomic mass is 10.0. The van der Waals surface area contributed by atoms with Crippen molar-refractivity contribution in [2.45, 2.75) is 12.2 Å². The number of hydrogen-bond acceptors (Lipinski definition) is 5. The minimum Gasteiger partial charge on any atom is -0.507 e. The number of phenolic OH excluding ortho intramolecular Hbond substituents is 1. The van der Waals surface area contributed by atoms with Gasteiger partial charge in [0, 0.05) is 17.4 Å². The van der Waals surface area contributed by atoms with Gasteiger partial charge in [-0.25, -0.2) is 0 Å². The summed E-state index contributed by atoms with van der Waals surface area (Å²) in [5, 5.41) is 28.6. The third-order valence-electron chi connectivity index (χ3n) is 2.11. The van der Waals surface area contributed by atoms with Gasteiger partial charge >= 0.3 is 0 Å². The molecule has 15 heavy (non-hydrogen) atoms. The number of phenols is 1. The van der Waals surface area contributed by atoms with E-state index < -0.39 is 12.2 Å². The van der Waals surface area contributed by atoms with Crippen LogP contribution in [0.1, 0.15) is 11.7 Å². The SMILES string of the molecule is COc1ccc(C(O)C(O)CS)c(O)c1. The van der Waals surface area contributed by atoms with Gasteiger partial charge in [-0.2, -0.15) is 12.6 Å². The zero-order valence-corrected chi connectivity index (χ0v) is 9.19. The van der Waals surface area contributed by atoms with Gasteiger partial charge in [-0.15, -0.1) is 0 Å². The maximum Gasteiger partial charge on any atom is 0.125 e. The molecule has 0 aromatic heterocycles. The molecule has 0 bridgehead atoms. The van der Waals surface area contributed by atoms with Gasteiger partial charge in [0.2, 0.25) is 0 Å². The van der Waals surface area contributed by atoms with Crippen molar-refractivity contribution < 1.29 is 20.1 Å². The lowest BCUT2D eigenvalue weighted by Crippen LogP contribution is -2.19. The fraction of sp³-hybridized carbons (Fsp3) is 0.400. The van der Waals surface area contributed by atoms with Crippen LogP contribution in [0.25, 0.3) is 0 Å². The lowest BCUT2D eigenvalue weighted by molar-refractivity contribution is 0.0322. The number of ether oxygens (including phenoxy) is 1. The van der Waals surface area contributed by atoms with Crippen molar-refractivity contribution in [3.63, 3.8) is 0 Å². The Hall–Kier alpha value is -0.910. The van der Waals surface area contributed by atoms with E-state index in [1.165, 1.54) is 19.2 Å². The van der Waals surface area contributed by atoms with Crippen LogP contribution in [0.15, 0.2) is 18.2 Å². The van der Waals surface area contributed by atoms with Crippen molar-refractivity contribution in [2.75, 3.05) is 12.9 Å². The molecule has 0 aliphatic heterocycles. The highest BCUT2D eigenvalue weighted by Gasteiger charge is 2.20. The average molecular weight is 230 g/mol. The first-order valence-electron chi connectivity index (χ1n) is 4.44. The van der Waals surface area contributed by atoms with Gasteiger partial charge in [0.05, 0.1) is 13.2 Å². The summed E-state index contributed by atoms with van der Waals surface area (Å²) in [6, 6.07) is 4.48. The highest BCUT2D eigenvalue weighted by atomic mass is 32.1. The maximum absolute atomic E-state index is 9.63. The van der Waals surface area contributed by atoms with Crippen molar-refractivity contribution in [1.29, 1.82) is 0 Å². The molecule has 0 aliphatic carbocycles. The van der Waals surface area contributed by atoms with Crippen LogP contribution >= 0.6 is 12.6 Å². The lowest BCUT2D eigenvalue weighted by Gasteiger charge is -2.17. The van der Waals surface area contributed by atoms with Gasteiger partial charge in [0.25, 0.3) is 0 Å². The van der Waals surface area contributed by atoms with E-state index in [9.17, 15) is 15.3 Å². The summed E-state index contributed by atoms with van der Waals surface area (Å²) < 4.78 is 4.90. The summed E-state index contributed by atoms with van der Waals surface area (Å²) in [5.74, 6) is 0.499. The molecule has 0 amide bonds. The van der Waals surface area contributed by atoms with Crippen LogP contribution in [0.3, 0.4) is 0 Å². The largest absolute Gasteiger partial charge is 0.507 e. The number of aliphatic hydroxyl groups is 2. The topological polar surface area (TPSA) is 69.9 Å². The number of methoxy groups -OCH3 is 1. The van der Waals surface area contributed by atoms with Gasteiger partial charge in [-0.3, -0.25) is 0 Å². The summed E-state index contributed by atoms with van der Waals surface area (Å²) in [6.45, 7) is 0. The predicted molar refractivity (Wildman–Crippen MR) is 59.5 cm³/mol. The molecule has 1 rings (SSSR count). The number of aromatic hydroxyl groups is 1. The molecule has 1 aromatic rings. The quantitative estimate of drug-likeness (QED) is 0.575. The number of aliphatic hydroxyl groups excluding tert-OH is 2. The number of rotatable bonds is 4. The Morgan fingerprint density at radius 1 is 1.40 bits per heavy atom. The average Bonchev–Trinajstić information content (AvgIpc) is 2.26. The zero-order valence-electron chi connectivity index (χ0n) is 8.29. The van der Waals surface area contributed by atoms with E-state index in [-0.39, 0.29) is 17.1 Å². The minimum absolute atomic E-state index is 0.109. The summed E-state index contributed by atoms with van der Waals surface area (Å²) in [6.07, 6.45) is -2.15. The molecule has 5 heteroatoms. The Bertz CT molecular complexity index is 329. The number of benzene rings is 1. The summed E-state index contributed by atoms with van der Waals surface area (Å²) in [4.78, 5) is 0. The molecule has 0 saturated heterocycles. The van der Waals surface area contributed by atoms with Crippen LogP contribution < -0.4 is 4.74 Å². The van der Waals surface area contributed by atoms with E-state index >= 15 is 0 Å².